The van der Waals surface area contributed by atoms with Crippen LogP contribution in [0.15, 0.2) is 52.1 Å². The zero-order valence-electron chi connectivity index (χ0n) is 18.9. The molecule has 0 bridgehead atoms. The SMILES string of the molecule is COc1cc(OC)c(-c2c3c(C)nn(-c4ccccc4)c3nc3[nH]c(=O)[nH]c(=O)c23)cc1OC. The molecule has 0 saturated carbocycles. The lowest BCUT2D eigenvalue weighted by molar-refractivity contribution is 0.349. The van der Waals surface area contributed by atoms with Crippen LogP contribution in [0, 0.1) is 6.92 Å². The summed E-state index contributed by atoms with van der Waals surface area (Å²) in [5.41, 5.74) is 1.87. The topological polar surface area (TPSA) is 124 Å². The molecular weight excluding hydrogens is 438 g/mol. The van der Waals surface area contributed by atoms with E-state index < -0.39 is 11.2 Å². The molecule has 172 valence electrons. The Morgan fingerprint density at radius 3 is 2.21 bits per heavy atom. The van der Waals surface area contributed by atoms with E-state index in [0.717, 1.165) is 5.69 Å². The van der Waals surface area contributed by atoms with Gasteiger partial charge in [-0.15, -0.1) is 0 Å². The highest BCUT2D eigenvalue weighted by atomic mass is 16.5. The van der Waals surface area contributed by atoms with E-state index in [-0.39, 0.29) is 11.0 Å². The number of hydrogen-bond acceptors (Lipinski definition) is 7. The summed E-state index contributed by atoms with van der Waals surface area (Å²) in [6.45, 7) is 1.84. The summed E-state index contributed by atoms with van der Waals surface area (Å²) in [5.74, 6) is 1.37. The quantitative estimate of drug-likeness (QED) is 0.414. The number of aromatic nitrogens is 5. The standard InChI is InChI=1S/C24H21N5O5/c1-12-18-19(14-10-16(33-3)17(34-4)11-15(14)32-2)20-21(26-24(31)27-23(20)30)25-22(18)29(28-12)13-8-6-5-7-9-13/h5-11H,1-4H3,(H2,25,26,27,30,31). The Bertz CT molecular complexity index is 1670. The van der Waals surface area contributed by atoms with Gasteiger partial charge in [0.15, 0.2) is 17.1 Å². The van der Waals surface area contributed by atoms with Gasteiger partial charge < -0.3 is 14.2 Å². The Hall–Kier alpha value is -4.60. The van der Waals surface area contributed by atoms with E-state index in [1.165, 1.54) is 21.3 Å². The zero-order valence-corrected chi connectivity index (χ0v) is 18.9. The van der Waals surface area contributed by atoms with E-state index in [4.69, 9.17) is 19.3 Å². The van der Waals surface area contributed by atoms with Gasteiger partial charge in [-0.1, -0.05) is 18.2 Å². The maximum Gasteiger partial charge on any atom is 0.327 e. The lowest BCUT2D eigenvalue weighted by Crippen LogP contribution is -2.23. The number of hydrogen-bond donors (Lipinski definition) is 2. The second-order valence-corrected chi connectivity index (χ2v) is 7.56. The van der Waals surface area contributed by atoms with Crippen molar-refractivity contribution in [1.82, 2.24) is 24.7 Å². The molecule has 0 spiro atoms. The summed E-state index contributed by atoms with van der Waals surface area (Å²) >= 11 is 0. The fraction of sp³-hybridized carbons (Fsp3) is 0.167. The van der Waals surface area contributed by atoms with Crippen LogP contribution in [0.4, 0.5) is 0 Å². The van der Waals surface area contributed by atoms with Crippen LogP contribution in [0.25, 0.3) is 38.9 Å². The molecule has 3 aromatic heterocycles. The van der Waals surface area contributed by atoms with Crippen molar-refractivity contribution in [2.24, 2.45) is 0 Å². The molecule has 5 aromatic rings. The summed E-state index contributed by atoms with van der Waals surface area (Å²) in [6.07, 6.45) is 0. The molecular formula is C24H21N5O5. The average molecular weight is 459 g/mol. The van der Waals surface area contributed by atoms with E-state index in [9.17, 15) is 9.59 Å². The molecule has 10 heteroatoms. The molecule has 10 nitrogen and oxygen atoms in total. The Morgan fingerprint density at radius 1 is 0.853 bits per heavy atom. The Balaban J connectivity index is 2.02. The molecule has 5 rings (SSSR count). The monoisotopic (exact) mass is 459 g/mol. The lowest BCUT2D eigenvalue weighted by atomic mass is 9.97. The van der Waals surface area contributed by atoms with Crippen molar-refractivity contribution in [2.45, 2.75) is 6.92 Å². The average Bonchev–Trinajstić information content (AvgIpc) is 3.18. The molecule has 0 amide bonds. The van der Waals surface area contributed by atoms with Gasteiger partial charge >= 0.3 is 5.69 Å². The number of aromatic amines is 2. The first-order valence-electron chi connectivity index (χ1n) is 10.4. The fourth-order valence-corrected chi connectivity index (χ4v) is 4.18. The normalized spacial score (nSPS) is 11.2. The first kappa shape index (κ1) is 21.3. The van der Waals surface area contributed by atoms with Crippen molar-refractivity contribution >= 4 is 22.1 Å². The van der Waals surface area contributed by atoms with Gasteiger partial charge in [0, 0.05) is 17.2 Å². The minimum absolute atomic E-state index is 0.130. The Morgan fingerprint density at radius 2 is 1.53 bits per heavy atom. The van der Waals surface area contributed by atoms with Gasteiger partial charge in [-0.25, -0.2) is 14.5 Å². The van der Waals surface area contributed by atoms with Crippen LogP contribution in [-0.4, -0.2) is 46.1 Å². The number of methoxy groups -OCH3 is 3. The first-order valence-corrected chi connectivity index (χ1v) is 10.4. The van der Waals surface area contributed by atoms with Gasteiger partial charge in [0.25, 0.3) is 5.56 Å². The summed E-state index contributed by atoms with van der Waals surface area (Å²) in [4.78, 5) is 34.8. The molecule has 0 radical (unpaired) electrons. The van der Waals surface area contributed by atoms with Gasteiger partial charge in [-0.3, -0.25) is 14.8 Å². The molecule has 0 aliphatic rings. The van der Waals surface area contributed by atoms with Gasteiger partial charge in [-0.2, -0.15) is 5.10 Å². The van der Waals surface area contributed by atoms with Crippen molar-refractivity contribution in [3.05, 3.63) is 69.0 Å². The Kier molecular flexibility index (Phi) is 5.05. The predicted molar refractivity (Wildman–Crippen MR) is 127 cm³/mol. The molecule has 2 N–H and O–H groups in total. The second kappa shape index (κ2) is 8.07. The van der Waals surface area contributed by atoms with E-state index in [2.05, 4.69) is 15.0 Å². The summed E-state index contributed by atoms with van der Waals surface area (Å²) in [5, 5.41) is 5.55. The van der Waals surface area contributed by atoms with Crippen LogP contribution in [0.2, 0.25) is 0 Å². The first-order chi connectivity index (χ1) is 16.5. The number of benzene rings is 2. The molecule has 34 heavy (non-hydrogen) atoms. The molecule has 0 atom stereocenters. The number of fused-ring (bicyclic) bond motifs is 2. The number of pyridine rings is 1. The minimum atomic E-state index is -0.655. The lowest BCUT2D eigenvalue weighted by Gasteiger charge is -2.16. The highest BCUT2D eigenvalue weighted by Gasteiger charge is 2.25. The van der Waals surface area contributed by atoms with Gasteiger partial charge in [0.2, 0.25) is 0 Å². The number of nitrogens with one attached hydrogen (secondary N) is 2. The van der Waals surface area contributed by atoms with E-state index in [1.54, 1.807) is 16.8 Å². The fourth-order valence-electron chi connectivity index (χ4n) is 4.18. The molecule has 0 fully saturated rings. The maximum atomic E-state index is 13.1. The summed E-state index contributed by atoms with van der Waals surface area (Å²) < 4.78 is 18.3. The van der Waals surface area contributed by atoms with Crippen LogP contribution in [0.1, 0.15) is 5.69 Å². The minimum Gasteiger partial charge on any atom is -0.496 e. The molecule has 0 aliphatic heterocycles. The van der Waals surface area contributed by atoms with E-state index in [1.807, 2.05) is 37.3 Å². The van der Waals surface area contributed by atoms with Crippen molar-refractivity contribution in [3.63, 3.8) is 0 Å². The van der Waals surface area contributed by atoms with Crippen molar-refractivity contribution in [1.29, 1.82) is 0 Å². The smallest absolute Gasteiger partial charge is 0.327 e. The predicted octanol–water partition coefficient (Wildman–Crippen LogP) is 2.95. The highest BCUT2D eigenvalue weighted by molar-refractivity contribution is 6.10. The second-order valence-electron chi connectivity index (χ2n) is 7.56. The Labute approximate surface area is 192 Å². The van der Waals surface area contributed by atoms with E-state index >= 15 is 0 Å². The van der Waals surface area contributed by atoms with Crippen LogP contribution in [0.3, 0.4) is 0 Å². The third-order valence-corrected chi connectivity index (χ3v) is 5.65. The number of aryl methyl sites for hydroxylation is 1. The van der Waals surface area contributed by atoms with Gasteiger partial charge in [0.1, 0.15) is 11.4 Å². The van der Waals surface area contributed by atoms with Gasteiger partial charge in [-0.05, 0) is 25.1 Å². The van der Waals surface area contributed by atoms with Crippen molar-refractivity contribution < 1.29 is 14.2 Å². The third kappa shape index (κ3) is 3.19. The zero-order chi connectivity index (χ0) is 24.0. The van der Waals surface area contributed by atoms with Crippen molar-refractivity contribution in [2.75, 3.05) is 21.3 Å². The maximum absolute atomic E-state index is 13.1. The van der Waals surface area contributed by atoms with Crippen LogP contribution in [-0.2, 0) is 0 Å². The summed E-state index contributed by atoms with van der Waals surface area (Å²) in [7, 11) is 4.58. The van der Waals surface area contributed by atoms with Crippen LogP contribution >= 0.6 is 0 Å². The van der Waals surface area contributed by atoms with E-state index in [0.29, 0.717) is 45.1 Å². The number of rotatable bonds is 5. The molecule has 0 aliphatic carbocycles. The number of ether oxygens (including phenoxy) is 3. The number of H-pyrrole nitrogens is 2. The number of para-hydroxylation sites is 1. The molecule has 0 unspecified atom stereocenters. The summed E-state index contributed by atoms with van der Waals surface area (Å²) in [6, 6.07) is 12.9. The van der Waals surface area contributed by atoms with Crippen molar-refractivity contribution in [3.8, 4) is 34.1 Å². The van der Waals surface area contributed by atoms with Gasteiger partial charge in [0.05, 0.1) is 43.5 Å². The van der Waals surface area contributed by atoms with Crippen LogP contribution < -0.4 is 25.5 Å². The largest absolute Gasteiger partial charge is 0.496 e. The molecule has 3 heterocycles. The molecule has 2 aromatic carbocycles. The van der Waals surface area contributed by atoms with Crippen LogP contribution in [0.5, 0.6) is 17.2 Å². The highest BCUT2D eigenvalue weighted by Crippen LogP contribution is 2.44. The molecule has 0 saturated heterocycles. The number of nitrogens with zero attached hydrogens (tertiary/aromatic N) is 3. The third-order valence-electron chi connectivity index (χ3n) is 5.65.